The van der Waals surface area contributed by atoms with Crippen LogP contribution in [0.3, 0.4) is 0 Å². The van der Waals surface area contributed by atoms with E-state index in [4.69, 9.17) is 4.74 Å². The minimum Gasteiger partial charge on any atom is -0.465 e. The van der Waals surface area contributed by atoms with Crippen LogP contribution in [0, 0.1) is 0 Å². The van der Waals surface area contributed by atoms with Crippen LogP contribution in [0.1, 0.15) is 19.8 Å². The average molecular weight is 298 g/mol. The predicted molar refractivity (Wildman–Crippen MR) is 74.9 cm³/mol. The molecule has 1 fully saturated rings. The Balaban J connectivity index is 2.11. The van der Waals surface area contributed by atoms with Gasteiger partial charge in [0.1, 0.15) is 11.4 Å². The second-order valence-electron chi connectivity index (χ2n) is 4.55. The summed E-state index contributed by atoms with van der Waals surface area (Å²) in [7, 11) is -3.55. The van der Waals surface area contributed by atoms with E-state index >= 15 is 0 Å². The van der Waals surface area contributed by atoms with Gasteiger partial charge in [0.2, 0.25) is 10.0 Å². The van der Waals surface area contributed by atoms with E-state index < -0.39 is 16.0 Å². The highest BCUT2D eigenvalue weighted by molar-refractivity contribution is 7.89. The molecule has 0 aromatic heterocycles. The molecule has 1 aliphatic rings. The molecule has 0 amide bonds. The summed E-state index contributed by atoms with van der Waals surface area (Å²) in [5.74, 6) is -0.421. The largest absolute Gasteiger partial charge is 0.465 e. The van der Waals surface area contributed by atoms with E-state index in [0.717, 1.165) is 12.8 Å². The molecule has 2 rings (SSSR count). The molecule has 0 unspecified atom stereocenters. The van der Waals surface area contributed by atoms with Gasteiger partial charge in [0, 0.05) is 6.04 Å². The highest BCUT2D eigenvalue weighted by Crippen LogP contribution is 2.25. The van der Waals surface area contributed by atoms with Crippen molar-refractivity contribution in [1.82, 2.24) is 4.72 Å². The Hall–Kier alpha value is -1.60. The lowest BCUT2D eigenvalue weighted by Gasteiger charge is -2.12. The van der Waals surface area contributed by atoms with E-state index in [1.54, 1.807) is 25.1 Å². The summed E-state index contributed by atoms with van der Waals surface area (Å²) in [5, 5.41) is 2.80. The van der Waals surface area contributed by atoms with Crippen LogP contribution in [0.25, 0.3) is 0 Å². The molecule has 6 nitrogen and oxygen atoms in total. The monoisotopic (exact) mass is 298 g/mol. The molecule has 7 heteroatoms. The van der Waals surface area contributed by atoms with Crippen molar-refractivity contribution in [3.8, 4) is 0 Å². The van der Waals surface area contributed by atoms with Crippen molar-refractivity contribution in [2.45, 2.75) is 30.7 Å². The summed E-state index contributed by atoms with van der Waals surface area (Å²) in [5.41, 5.74) is 0.397. The molecule has 1 aliphatic carbocycles. The Labute approximate surface area is 118 Å². The summed E-state index contributed by atoms with van der Waals surface area (Å²) in [4.78, 5) is 11.5. The zero-order chi connectivity index (χ0) is 14.6. The van der Waals surface area contributed by atoms with Gasteiger partial charge in [0.05, 0.1) is 12.3 Å². The Morgan fingerprint density at radius 2 is 2.05 bits per heavy atom. The van der Waals surface area contributed by atoms with E-state index in [1.165, 1.54) is 6.07 Å². The molecule has 0 aliphatic heterocycles. The van der Waals surface area contributed by atoms with E-state index in [2.05, 4.69) is 10.0 Å². The third-order valence-electron chi connectivity index (χ3n) is 2.80. The van der Waals surface area contributed by atoms with Crippen molar-refractivity contribution < 1.29 is 17.9 Å². The number of hydrogen-bond donors (Lipinski definition) is 2. The molecule has 0 radical (unpaired) electrons. The highest BCUT2D eigenvalue weighted by Gasteiger charge is 2.29. The molecule has 20 heavy (non-hydrogen) atoms. The van der Waals surface area contributed by atoms with Gasteiger partial charge in [0.15, 0.2) is 0 Å². The third kappa shape index (κ3) is 3.94. The van der Waals surface area contributed by atoms with Gasteiger partial charge in [-0.15, -0.1) is 0 Å². The maximum atomic E-state index is 12.2. The number of hydrogen-bond acceptors (Lipinski definition) is 5. The Bertz CT molecular complexity index is 582. The number of carbonyl (C=O) groups excluding carboxylic acids is 1. The summed E-state index contributed by atoms with van der Waals surface area (Å²) < 4.78 is 31.8. The molecule has 0 atom stereocenters. The van der Waals surface area contributed by atoms with Crippen LogP contribution >= 0.6 is 0 Å². The van der Waals surface area contributed by atoms with Crippen LogP contribution in [-0.2, 0) is 19.6 Å². The fourth-order valence-electron chi connectivity index (χ4n) is 1.71. The van der Waals surface area contributed by atoms with E-state index in [-0.39, 0.29) is 17.5 Å². The molecule has 2 N–H and O–H groups in total. The summed E-state index contributed by atoms with van der Waals surface area (Å²) in [6.07, 6.45) is 1.75. The van der Waals surface area contributed by atoms with Crippen LogP contribution in [0.5, 0.6) is 0 Å². The molecule has 110 valence electrons. The van der Waals surface area contributed by atoms with Crippen LogP contribution in [-0.4, -0.2) is 33.6 Å². The van der Waals surface area contributed by atoms with Gasteiger partial charge in [-0.1, -0.05) is 12.1 Å². The lowest BCUT2D eigenvalue weighted by atomic mass is 10.3. The Morgan fingerprint density at radius 1 is 1.35 bits per heavy atom. The van der Waals surface area contributed by atoms with Crippen molar-refractivity contribution in [3.05, 3.63) is 24.3 Å². The molecule has 0 heterocycles. The van der Waals surface area contributed by atoms with Crippen LogP contribution in [0.2, 0.25) is 0 Å². The van der Waals surface area contributed by atoms with E-state index in [1.807, 2.05) is 0 Å². The van der Waals surface area contributed by atoms with Gasteiger partial charge < -0.3 is 10.1 Å². The fourth-order valence-corrected chi connectivity index (χ4v) is 3.20. The first kappa shape index (κ1) is 14.8. The lowest BCUT2D eigenvalue weighted by molar-refractivity contribution is -0.140. The topological polar surface area (TPSA) is 84.5 Å². The van der Waals surface area contributed by atoms with Gasteiger partial charge >= 0.3 is 5.97 Å². The lowest BCUT2D eigenvalue weighted by Crippen LogP contribution is -2.27. The van der Waals surface area contributed by atoms with E-state index in [0.29, 0.717) is 12.3 Å². The third-order valence-corrected chi connectivity index (χ3v) is 4.38. The minimum atomic E-state index is -3.55. The number of rotatable bonds is 7. The molecule has 0 spiro atoms. The van der Waals surface area contributed by atoms with Crippen LogP contribution in [0.4, 0.5) is 5.69 Å². The molecule has 0 saturated heterocycles. The SMILES string of the molecule is CCOC(=O)CNc1ccccc1S(=O)(=O)NC1CC1. The normalized spacial score (nSPS) is 14.8. The molecular formula is C13H18N2O4S. The first-order valence-corrected chi connectivity index (χ1v) is 8.02. The second-order valence-corrected chi connectivity index (χ2v) is 6.23. The zero-order valence-corrected chi connectivity index (χ0v) is 12.1. The van der Waals surface area contributed by atoms with E-state index in [9.17, 15) is 13.2 Å². The number of ether oxygens (including phenoxy) is 1. The summed E-state index contributed by atoms with van der Waals surface area (Å²) in [6, 6.07) is 6.54. The first-order valence-electron chi connectivity index (χ1n) is 6.54. The quantitative estimate of drug-likeness (QED) is 0.736. The van der Waals surface area contributed by atoms with Crippen LogP contribution in [0.15, 0.2) is 29.2 Å². The van der Waals surface area contributed by atoms with Gasteiger partial charge in [-0.05, 0) is 31.9 Å². The number of para-hydroxylation sites is 1. The van der Waals surface area contributed by atoms with Crippen molar-refractivity contribution >= 4 is 21.7 Å². The van der Waals surface area contributed by atoms with Crippen molar-refractivity contribution in [3.63, 3.8) is 0 Å². The van der Waals surface area contributed by atoms with Crippen molar-refractivity contribution in [2.75, 3.05) is 18.5 Å². The minimum absolute atomic E-state index is 0.0399. The van der Waals surface area contributed by atoms with Crippen LogP contribution < -0.4 is 10.0 Å². The Morgan fingerprint density at radius 3 is 2.70 bits per heavy atom. The second kappa shape index (κ2) is 6.23. The Kier molecular flexibility index (Phi) is 4.61. The van der Waals surface area contributed by atoms with Crippen molar-refractivity contribution in [2.24, 2.45) is 0 Å². The number of carbonyl (C=O) groups is 1. The zero-order valence-electron chi connectivity index (χ0n) is 11.3. The summed E-state index contributed by atoms with van der Waals surface area (Å²) >= 11 is 0. The maximum absolute atomic E-state index is 12.2. The number of anilines is 1. The predicted octanol–water partition coefficient (Wildman–Crippen LogP) is 1.10. The molecule has 1 saturated carbocycles. The average Bonchev–Trinajstić information content (AvgIpc) is 3.20. The van der Waals surface area contributed by atoms with Gasteiger partial charge in [-0.2, -0.15) is 0 Å². The van der Waals surface area contributed by atoms with Gasteiger partial charge in [-0.3, -0.25) is 4.79 Å². The molecular weight excluding hydrogens is 280 g/mol. The number of nitrogens with one attached hydrogen (secondary N) is 2. The van der Waals surface area contributed by atoms with Crippen molar-refractivity contribution in [1.29, 1.82) is 0 Å². The fraction of sp³-hybridized carbons (Fsp3) is 0.462. The maximum Gasteiger partial charge on any atom is 0.325 e. The van der Waals surface area contributed by atoms with Gasteiger partial charge in [-0.25, -0.2) is 13.1 Å². The first-order chi connectivity index (χ1) is 9.53. The standard InChI is InChI=1S/C13H18N2O4S/c1-2-19-13(16)9-14-11-5-3-4-6-12(11)20(17,18)15-10-7-8-10/h3-6,10,14-15H,2,7-9H2,1H3. The number of esters is 1. The smallest absolute Gasteiger partial charge is 0.325 e. The number of benzene rings is 1. The molecule has 1 aromatic carbocycles. The highest BCUT2D eigenvalue weighted by atomic mass is 32.2. The summed E-state index contributed by atoms with van der Waals surface area (Å²) in [6.45, 7) is 1.95. The molecule has 1 aromatic rings. The molecule has 0 bridgehead atoms. The van der Waals surface area contributed by atoms with Gasteiger partial charge in [0.25, 0.3) is 0 Å². The number of sulfonamides is 1.